The first kappa shape index (κ1) is 22.2. The Balaban J connectivity index is 1.67. The molecule has 0 aliphatic heterocycles. The van der Waals surface area contributed by atoms with Crippen LogP contribution in [0.1, 0.15) is 28.0 Å². The first-order valence-electron chi connectivity index (χ1n) is 11.2. The number of amides is 1. The van der Waals surface area contributed by atoms with Crippen molar-refractivity contribution in [2.24, 2.45) is 0 Å². The number of para-hydroxylation sites is 2. The first-order chi connectivity index (χ1) is 16.4. The molecule has 1 aliphatic rings. The van der Waals surface area contributed by atoms with Crippen LogP contribution in [-0.2, 0) is 24.2 Å². The third-order valence-corrected chi connectivity index (χ3v) is 7.73. The van der Waals surface area contributed by atoms with Crippen molar-refractivity contribution in [1.29, 1.82) is 0 Å². The summed E-state index contributed by atoms with van der Waals surface area (Å²) >= 11 is 1.45. The Morgan fingerprint density at radius 1 is 1.09 bits per heavy atom. The predicted molar refractivity (Wildman–Crippen MR) is 135 cm³/mol. The summed E-state index contributed by atoms with van der Waals surface area (Å²) in [5.74, 6) is 0.162. The molecule has 2 aromatic heterocycles. The Bertz CT molecular complexity index is 1560. The highest BCUT2D eigenvalue weighted by molar-refractivity contribution is 7.19. The Morgan fingerprint density at radius 2 is 1.88 bits per heavy atom. The third-order valence-electron chi connectivity index (χ3n) is 6.42. The standard InChI is InChI=1S/C26H25N3O4S/c1-15-11-12-17(13-16(15)2)29-24(31)23-18-7-6-10-21(18)34-25(23)28(26(29)32)14-22(30)27-19-8-4-5-9-20(19)33-3/h4-5,8-9,11-13H,6-7,10,14H2,1-3H3,(H,27,30). The number of fused-ring (bicyclic) bond motifs is 3. The number of carbonyl (C=O) groups excluding carboxylic acids is 1. The van der Waals surface area contributed by atoms with E-state index in [2.05, 4.69) is 5.32 Å². The van der Waals surface area contributed by atoms with E-state index in [-0.39, 0.29) is 18.0 Å². The second kappa shape index (κ2) is 8.61. The number of aryl methyl sites for hydroxylation is 4. The lowest BCUT2D eigenvalue weighted by molar-refractivity contribution is -0.116. The summed E-state index contributed by atoms with van der Waals surface area (Å²) in [6.07, 6.45) is 2.69. The number of thiophene rings is 1. The van der Waals surface area contributed by atoms with Crippen molar-refractivity contribution >= 4 is 33.1 Å². The van der Waals surface area contributed by atoms with Gasteiger partial charge in [-0.1, -0.05) is 18.2 Å². The molecular formula is C26H25N3O4S. The van der Waals surface area contributed by atoms with Crippen molar-refractivity contribution in [2.45, 2.75) is 39.7 Å². The fourth-order valence-electron chi connectivity index (χ4n) is 4.52. The third kappa shape index (κ3) is 3.64. The number of hydrogen-bond donors (Lipinski definition) is 1. The molecule has 8 heteroatoms. The molecule has 1 aliphatic carbocycles. The van der Waals surface area contributed by atoms with Crippen molar-refractivity contribution in [3.05, 3.63) is 84.9 Å². The molecule has 0 radical (unpaired) electrons. The molecule has 0 atom stereocenters. The number of anilines is 1. The lowest BCUT2D eigenvalue weighted by Gasteiger charge is -2.14. The van der Waals surface area contributed by atoms with Crippen LogP contribution in [0.15, 0.2) is 52.1 Å². The quantitative estimate of drug-likeness (QED) is 0.474. The minimum absolute atomic E-state index is 0.210. The van der Waals surface area contributed by atoms with Gasteiger partial charge in [-0.25, -0.2) is 9.36 Å². The zero-order chi connectivity index (χ0) is 24.0. The van der Waals surface area contributed by atoms with E-state index >= 15 is 0 Å². The minimum atomic E-state index is -0.518. The Labute approximate surface area is 200 Å². The number of carbonyl (C=O) groups is 1. The lowest BCUT2D eigenvalue weighted by Crippen LogP contribution is -2.40. The van der Waals surface area contributed by atoms with Crippen molar-refractivity contribution in [1.82, 2.24) is 9.13 Å². The molecule has 4 aromatic rings. The topological polar surface area (TPSA) is 82.3 Å². The molecule has 0 spiro atoms. The average Bonchev–Trinajstić information content (AvgIpc) is 3.41. The van der Waals surface area contributed by atoms with Gasteiger partial charge in [0.05, 0.1) is 23.9 Å². The molecule has 7 nitrogen and oxygen atoms in total. The van der Waals surface area contributed by atoms with Crippen LogP contribution < -0.4 is 21.3 Å². The van der Waals surface area contributed by atoms with Gasteiger partial charge in [0, 0.05) is 4.88 Å². The number of nitrogens with zero attached hydrogens (tertiary/aromatic N) is 2. The molecule has 0 unspecified atom stereocenters. The summed E-state index contributed by atoms with van der Waals surface area (Å²) in [5.41, 5.74) is 3.28. The largest absolute Gasteiger partial charge is 0.495 e. The van der Waals surface area contributed by atoms with E-state index in [9.17, 15) is 14.4 Å². The summed E-state index contributed by atoms with van der Waals surface area (Å²) in [6.45, 7) is 3.72. The van der Waals surface area contributed by atoms with Crippen molar-refractivity contribution in [3.63, 3.8) is 0 Å². The van der Waals surface area contributed by atoms with Gasteiger partial charge in [-0.15, -0.1) is 11.3 Å². The van der Waals surface area contributed by atoms with E-state index in [0.717, 1.165) is 40.8 Å². The number of benzene rings is 2. The summed E-state index contributed by atoms with van der Waals surface area (Å²) < 4.78 is 7.95. The van der Waals surface area contributed by atoms with Crippen LogP contribution in [0.3, 0.4) is 0 Å². The van der Waals surface area contributed by atoms with Gasteiger partial charge in [0.25, 0.3) is 5.56 Å². The summed E-state index contributed by atoms with van der Waals surface area (Å²) in [5, 5.41) is 3.39. The fraction of sp³-hybridized carbons (Fsp3) is 0.269. The molecular weight excluding hydrogens is 450 g/mol. The van der Waals surface area contributed by atoms with Crippen LogP contribution >= 0.6 is 11.3 Å². The number of hydrogen-bond acceptors (Lipinski definition) is 5. The second-order valence-electron chi connectivity index (χ2n) is 8.56. The SMILES string of the molecule is COc1ccccc1NC(=O)Cn1c(=O)n(-c2ccc(C)c(C)c2)c(=O)c2c3c(sc21)CCC3. The van der Waals surface area contributed by atoms with E-state index in [4.69, 9.17) is 4.74 Å². The lowest BCUT2D eigenvalue weighted by atomic mass is 10.1. The van der Waals surface area contributed by atoms with Crippen LogP contribution in [0, 0.1) is 13.8 Å². The van der Waals surface area contributed by atoms with Gasteiger partial charge in [0.15, 0.2) is 0 Å². The Kier molecular flexibility index (Phi) is 5.61. The van der Waals surface area contributed by atoms with Gasteiger partial charge in [-0.05, 0) is 74.1 Å². The number of rotatable bonds is 5. The maximum absolute atomic E-state index is 13.7. The number of nitrogens with one attached hydrogen (secondary N) is 1. The highest BCUT2D eigenvalue weighted by atomic mass is 32.1. The molecule has 0 fully saturated rings. The summed E-state index contributed by atoms with van der Waals surface area (Å²) in [4.78, 5) is 42.0. The monoisotopic (exact) mass is 475 g/mol. The Hall–Kier alpha value is -3.65. The number of aromatic nitrogens is 2. The van der Waals surface area contributed by atoms with E-state index in [1.54, 1.807) is 24.3 Å². The first-order valence-corrected chi connectivity index (χ1v) is 12.0. The van der Waals surface area contributed by atoms with Crippen molar-refractivity contribution in [2.75, 3.05) is 12.4 Å². The van der Waals surface area contributed by atoms with E-state index in [0.29, 0.717) is 27.3 Å². The van der Waals surface area contributed by atoms with Crippen molar-refractivity contribution in [3.8, 4) is 11.4 Å². The van der Waals surface area contributed by atoms with Gasteiger partial charge < -0.3 is 10.1 Å². The van der Waals surface area contributed by atoms with Gasteiger partial charge in [0.2, 0.25) is 5.91 Å². The van der Waals surface area contributed by atoms with Gasteiger partial charge in [-0.2, -0.15) is 0 Å². The van der Waals surface area contributed by atoms with Crippen molar-refractivity contribution < 1.29 is 9.53 Å². The van der Waals surface area contributed by atoms with Crippen LogP contribution in [0.5, 0.6) is 5.75 Å². The molecule has 5 rings (SSSR count). The van der Waals surface area contributed by atoms with Crippen LogP contribution in [0.2, 0.25) is 0 Å². The smallest absolute Gasteiger partial charge is 0.337 e. The molecule has 0 bridgehead atoms. The molecule has 2 aromatic carbocycles. The van der Waals surface area contributed by atoms with Gasteiger partial charge in [0.1, 0.15) is 17.1 Å². The molecule has 2 heterocycles. The normalized spacial score (nSPS) is 12.7. The average molecular weight is 476 g/mol. The highest BCUT2D eigenvalue weighted by Crippen LogP contribution is 2.35. The van der Waals surface area contributed by atoms with Crippen LogP contribution in [0.4, 0.5) is 5.69 Å². The molecule has 34 heavy (non-hydrogen) atoms. The highest BCUT2D eigenvalue weighted by Gasteiger charge is 2.26. The minimum Gasteiger partial charge on any atom is -0.495 e. The zero-order valence-electron chi connectivity index (χ0n) is 19.3. The molecule has 0 saturated carbocycles. The summed E-state index contributed by atoms with van der Waals surface area (Å²) in [6, 6.07) is 12.6. The van der Waals surface area contributed by atoms with E-state index in [1.165, 1.54) is 27.6 Å². The van der Waals surface area contributed by atoms with Crippen LogP contribution in [-0.4, -0.2) is 22.2 Å². The predicted octanol–water partition coefficient (Wildman–Crippen LogP) is 3.97. The summed E-state index contributed by atoms with van der Waals surface area (Å²) in [7, 11) is 1.53. The maximum Gasteiger partial charge on any atom is 0.337 e. The molecule has 1 N–H and O–H groups in total. The molecule has 174 valence electrons. The second-order valence-corrected chi connectivity index (χ2v) is 9.65. The van der Waals surface area contributed by atoms with Gasteiger partial charge >= 0.3 is 5.69 Å². The van der Waals surface area contributed by atoms with E-state index < -0.39 is 5.69 Å². The zero-order valence-corrected chi connectivity index (χ0v) is 20.1. The molecule has 1 amide bonds. The maximum atomic E-state index is 13.7. The van der Waals surface area contributed by atoms with Gasteiger partial charge in [-0.3, -0.25) is 14.2 Å². The number of methoxy groups -OCH3 is 1. The fourth-order valence-corrected chi connectivity index (χ4v) is 5.89. The molecule has 0 saturated heterocycles. The Morgan fingerprint density at radius 3 is 2.65 bits per heavy atom. The number of ether oxygens (including phenoxy) is 1. The van der Waals surface area contributed by atoms with E-state index in [1.807, 2.05) is 32.0 Å². The van der Waals surface area contributed by atoms with Crippen LogP contribution in [0.25, 0.3) is 15.9 Å².